The zero-order valence-electron chi connectivity index (χ0n) is 16.3. The van der Waals surface area contributed by atoms with Crippen molar-refractivity contribution in [3.8, 4) is 11.1 Å². The highest BCUT2D eigenvalue weighted by atomic mass is 35.5. The molecule has 148 valence electrons. The fourth-order valence-corrected chi connectivity index (χ4v) is 3.05. The van der Waals surface area contributed by atoms with E-state index in [0.717, 1.165) is 16.7 Å². The predicted octanol–water partition coefficient (Wildman–Crippen LogP) is 5.78. The van der Waals surface area contributed by atoms with Crippen molar-refractivity contribution in [1.82, 2.24) is 14.6 Å². The highest BCUT2D eigenvalue weighted by Crippen LogP contribution is 2.28. The van der Waals surface area contributed by atoms with E-state index in [2.05, 4.69) is 15.4 Å². The maximum Gasteiger partial charge on any atom is 0.255 e. The molecular weight excluding hydrogens is 391 g/mol. The highest BCUT2D eigenvalue weighted by molar-refractivity contribution is 6.29. The normalized spacial score (nSPS) is 10.4. The number of nitrogens with one attached hydrogen (secondary N) is 1. The average molecular weight is 411 g/mol. The number of hydrogen-bond donors (Lipinski definition) is 1. The lowest BCUT2D eigenvalue weighted by Gasteiger charge is -2.11. The van der Waals surface area contributed by atoms with E-state index in [4.69, 9.17) is 11.6 Å². The summed E-state index contributed by atoms with van der Waals surface area (Å²) in [6.45, 7) is 5.86. The van der Waals surface area contributed by atoms with E-state index in [1.165, 1.54) is 24.3 Å². The molecule has 29 heavy (non-hydrogen) atoms. The first-order valence-electron chi connectivity index (χ1n) is 9.19. The van der Waals surface area contributed by atoms with Crippen molar-refractivity contribution >= 4 is 28.8 Å². The first kappa shape index (κ1) is 20.5. The van der Waals surface area contributed by atoms with Crippen LogP contribution in [0.1, 0.15) is 29.8 Å². The van der Waals surface area contributed by atoms with Gasteiger partial charge in [-0.2, -0.15) is 5.10 Å². The third-order valence-corrected chi connectivity index (χ3v) is 4.41. The minimum absolute atomic E-state index is 0.277. The van der Waals surface area contributed by atoms with E-state index >= 15 is 0 Å². The largest absolute Gasteiger partial charge is 0.322 e. The van der Waals surface area contributed by atoms with E-state index in [0.29, 0.717) is 22.1 Å². The topological polar surface area (TPSA) is 59.3 Å². The van der Waals surface area contributed by atoms with E-state index in [9.17, 15) is 9.18 Å². The second-order valence-electron chi connectivity index (χ2n) is 6.07. The molecule has 2 aromatic carbocycles. The third kappa shape index (κ3) is 4.43. The van der Waals surface area contributed by atoms with Gasteiger partial charge in [0.25, 0.3) is 5.91 Å². The lowest BCUT2D eigenvalue weighted by molar-refractivity contribution is 0.102. The van der Waals surface area contributed by atoms with Crippen LogP contribution in [-0.4, -0.2) is 20.5 Å². The summed E-state index contributed by atoms with van der Waals surface area (Å²) in [6, 6.07) is 12.9. The quantitative estimate of drug-likeness (QED) is 0.466. The number of aromatic nitrogens is 3. The molecule has 0 saturated heterocycles. The summed E-state index contributed by atoms with van der Waals surface area (Å²) in [6.07, 6.45) is 3.35. The summed E-state index contributed by atoms with van der Waals surface area (Å²) < 4.78 is 14.6. The van der Waals surface area contributed by atoms with Gasteiger partial charge in [0.1, 0.15) is 5.82 Å². The number of carbonyl (C=O) groups is 1. The van der Waals surface area contributed by atoms with Crippen molar-refractivity contribution in [3.63, 3.8) is 0 Å². The zero-order chi connectivity index (χ0) is 21.0. The minimum atomic E-state index is -0.357. The van der Waals surface area contributed by atoms with Gasteiger partial charge in [-0.05, 0) is 54.4 Å². The van der Waals surface area contributed by atoms with E-state index < -0.39 is 0 Å². The summed E-state index contributed by atoms with van der Waals surface area (Å²) >= 11 is 6.11. The number of amides is 1. The summed E-state index contributed by atoms with van der Waals surface area (Å²) in [7, 11) is 0. The molecule has 0 aliphatic rings. The maximum absolute atomic E-state index is 13.0. The van der Waals surface area contributed by atoms with Crippen LogP contribution >= 0.6 is 11.6 Å². The van der Waals surface area contributed by atoms with Crippen molar-refractivity contribution < 1.29 is 9.18 Å². The van der Waals surface area contributed by atoms with Gasteiger partial charge in [0.05, 0.1) is 0 Å². The molecule has 5 nitrogen and oxygen atoms in total. The lowest BCUT2D eigenvalue weighted by Crippen LogP contribution is -2.13. The third-order valence-electron chi connectivity index (χ3n) is 4.22. The molecule has 0 unspecified atom stereocenters. The van der Waals surface area contributed by atoms with Crippen molar-refractivity contribution in [3.05, 3.63) is 83.0 Å². The van der Waals surface area contributed by atoms with Gasteiger partial charge in [-0.1, -0.05) is 37.6 Å². The monoisotopic (exact) mass is 410 g/mol. The molecule has 7 heteroatoms. The Morgan fingerprint density at radius 1 is 1.10 bits per heavy atom. The molecule has 1 N–H and O–H groups in total. The second-order valence-corrected chi connectivity index (χ2v) is 6.45. The Morgan fingerprint density at radius 3 is 2.55 bits per heavy atom. The van der Waals surface area contributed by atoms with Gasteiger partial charge >= 0.3 is 0 Å². The van der Waals surface area contributed by atoms with E-state index in [1.807, 2.05) is 32.9 Å². The van der Waals surface area contributed by atoms with E-state index in [1.54, 1.807) is 29.0 Å². The van der Waals surface area contributed by atoms with Crippen molar-refractivity contribution in [1.29, 1.82) is 0 Å². The molecule has 0 aliphatic heterocycles. The number of fused-ring (bicyclic) bond motifs is 1. The molecule has 2 heterocycles. The van der Waals surface area contributed by atoms with Gasteiger partial charge in [0.2, 0.25) is 0 Å². The molecule has 2 aromatic heterocycles. The van der Waals surface area contributed by atoms with Gasteiger partial charge in [0.15, 0.2) is 10.8 Å². The summed E-state index contributed by atoms with van der Waals surface area (Å²) in [4.78, 5) is 17.0. The van der Waals surface area contributed by atoms with Crippen LogP contribution in [0.3, 0.4) is 0 Å². The number of imidazole rings is 1. The number of anilines is 1. The number of aryl methyl sites for hydroxylation is 1. The molecule has 0 atom stereocenters. The Kier molecular flexibility index (Phi) is 6.24. The SMILES string of the molecule is CC.Cc1ccc(-c2cc(Cl)nn3ccnc23)cc1C(=O)Nc1ccc(F)cc1. The van der Waals surface area contributed by atoms with Crippen LogP contribution in [0.25, 0.3) is 16.8 Å². The van der Waals surface area contributed by atoms with Gasteiger partial charge in [-0.3, -0.25) is 4.79 Å². The van der Waals surface area contributed by atoms with Crippen LogP contribution < -0.4 is 5.32 Å². The summed E-state index contributed by atoms with van der Waals surface area (Å²) in [5.74, 6) is -0.634. The van der Waals surface area contributed by atoms with Gasteiger partial charge in [0, 0.05) is 29.2 Å². The standard InChI is InChI=1S/C20H14ClFN4O.C2H6/c1-12-2-3-13(17-11-18(21)25-26-9-8-23-19(17)26)10-16(12)20(27)24-15-6-4-14(22)5-7-15;1-2/h2-11H,1H3,(H,24,27);1-2H3. The Morgan fingerprint density at radius 2 is 1.83 bits per heavy atom. The number of rotatable bonds is 3. The number of hydrogen-bond acceptors (Lipinski definition) is 3. The molecule has 0 spiro atoms. The molecule has 0 fully saturated rings. The molecular formula is C22H20ClFN4O. The minimum Gasteiger partial charge on any atom is -0.322 e. The van der Waals surface area contributed by atoms with Gasteiger partial charge in [-0.25, -0.2) is 13.9 Å². The number of benzene rings is 2. The Labute approximate surface area is 173 Å². The molecule has 4 rings (SSSR count). The maximum atomic E-state index is 13.0. The van der Waals surface area contributed by atoms with Crippen molar-refractivity contribution in [2.75, 3.05) is 5.32 Å². The molecule has 0 radical (unpaired) electrons. The Balaban J connectivity index is 0.00000117. The molecule has 0 saturated carbocycles. The van der Waals surface area contributed by atoms with Gasteiger partial charge < -0.3 is 5.32 Å². The van der Waals surface area contributed by atoms with Crippen molar-refractivity contribution in [2.45, 2.75) is 20.8 Å². The first-order valence-corrected chi connectivity index (χ1v) is 9.57. The predicted molar refractivity (Wildman–Crippen MR) is 114 cm³/mol. The Bertz CT molecular complexity index is 1160. The van der Waals surface area contributed by atoms with Crippen LogP contribution in [0.5, 0.6) is 0 Å². The van der Waals surface area contributed by atoms with Crippen LogP contribution in [-0.2, 0) is 0 Å². The van der Waals surface area contributed by atoms with Crippen LogP contribution in [0.2, 0.25) is 5.15 Å². The molecule has 4 aromatic rings. The fraction of sp³-hybridized carbons (Fsp3) is 0.136. The zero-order valence-corrected chi connectivity index (χ0v) is 17.0. The molecule has 1 amide bonds. The lowest BCUT2D eigenvalue weighted by atomic mass is 10.00. The summed E-state index contributed by atoms with van der Waals surface area (Å²) in [5.41, 5.74) is 4.07. The van der Waals surface area contributed by atoms with Crippen LogP contribution in [0, 0.1) is 12.7 Å². The van der Waals surface area contributed by atoms with Gasteiger partial charge in [-0.15, -0.1) is 0 Å². The molecule has 0 aliphatic carbocycles. The number of carbonyl (C=O) groups excluding carboxylic acids is 1. The first-order chi connectivity index (χ1) is 14.0. The second kappa shape index (κ2) is 8.84. The number of halogens is 2. The average Bonchev–Trinajstić information content (AvgIpc) is 3.19. The van der Waals surface area contributed by atoms with Crippen molar-refractivity contribution in [2.24, 2.45) is 0 Å². The summed E-state index contributed by atoms with van der Waals surface area (Å²) in [5, 5.41) is 7.28. The molecule has 0 bridgehead atoms. The highest BCUT2D eigenvalue weighted by Gasteiger charge is 2.14. The van der Waals surface area contributed by atoms with Crippen LogP contribution in [0.4, 0.5) is 10.1 Å². The number of nitrogens with zero attached hydrogens (tertiary/aromatic N) is 3. The Hall–Kier alpha value is -3.25. The van der Waals surface area contributed by atoms with E-state index in [-0.39, 0.29) is 11.7 Å². The smallest absolute Gasteiger partial charge is 0.255 e. The van der Waals surface area contributed by atoms with Crippen LogP contribution in [0.15, 0.2) is 60.9 Å². The fourth-order valence-electron chi connectivity index (χ4n) is 2.86.